The molecular formula is C17H15ClN2O2. The first-order valence-corrected chi connectivity index (χ1v) is 7.48. The van der Waals surface area contributed by atoms with Crippen molar-refractivity contribution in [2.75, 3.05) is 0 Å². The average Bonchev–Trinajstić information content (AvgIpc) is 2.46. The Morgan fingerprint density at radius 2 is 2.00 bits per heavy atom. The standard InChI is InChI=1S/C17H15ClN2O2/c1-9-6-13(21)16-14(7-9)22-17(20)12(8-19)15(16)10-2-4-11(18)5-3-10/h2-5,9,15H,6-7,20H2,1H3/t9-,15+/m1/s1. The van der Waals surface area contributed by atoms with Gasteiger partial charge in [-0.25, -0.2) is 0 Å². The first-order chi connectivity index (χ1) is 10.5. The summed E-state index contributed by atoms with van der Waals surface area (Å²) in [5.74, 6) is 0.455. The molecule has 0 fully saturated rings. The summed E-state index contributed by atoms with van der Waals surface area (Å²) in [6.07, 6.45) is 1.12. The number of allylic oxidation sites excluding steroid dienone is 3. The molecule has 0 bridgehead atoms. The number of Topliss-reactive ketones (excluding diaryl/α,β-unsaturated/α-hetero) is 1. The summed E-state index contributed by atoms with van der Waals surface area (Å²) in [6.45, 7) is 2.00. The van der Waals surface area contributed by atoms with Crippen molar-refractivity contribution in [3.63, 3.8) is 0 Å². The van der Waals surface area contributed by atoms with Crippen LogP contribution >= 0.6 is 11.6 Å². The highest BCUT2D eigenvalue weighted by atomic mass is 35.5. The molecule has 3 rings (SSSR count). The van der Waals surface area contributed by atoms with Crippen molar-refractivity contribution in [3.8, 4) is 6.07 Å². The number of ketones is 1. The SMILES string of the molecule is C[C@@H]1CC(=O)C2=C(C1)OC(N)=C(C#N)[C@@H]2c1ccc(Cl)cc1. The molecule has 2 atom stereocenters. The van der Waals surface area contributed by atoms with Gasteiger partial charge in [0.25, 0.3) is 0 Å². The molecule has 5 heteroatoms. The summed E-state index contributed by atoms with van der Waals surface area (Å²) in [5.41, 5.74) is 7.57. The monoisotopic (exact) mass is 314 g/mol. The molecule has 2 N–H and O–H groups in total. The lowest BCUT2D eigenvalue weighted by molar-refractivity contribution is -0.117. The highest BCUT2D eigenvalue weighted by molar-refractivity contribution is 6.30. The predicted molar refractivity (Wildman–Crippen MR) is 82.5 cm³/mol. The van der Waals surface area contributed by atoms with Crippen LogP contribution in [0.3, 0.4) is 0 Å². The van der Waals surface area contributed by atoms with Crippen molar-refractivity contribution in [1.82, 2.24) is 0 Å². The van der Waals surface area contributed by atoms with E-state index in [0.717, 1.165) is 5.56 Å². The fraction of sp³-hybridized carbons (Fsp3) is 0.294. The molecule has 1 aliphatic heterocycles. The minimum atomic E-state index is -0.467. The molecule has 2 aliphatic rings. The van der Waals surface area contributed by atoms with E-state index >= 15 is 0 Å². The molecule has 1 aromatic rings. The smallest absolute Gasteiger partial charge is 0.205 e. The van der Waals surface area contributed by atoms with Gasteiger partial charge in [-0.05, 0) is 23.6 Å². The highest BCUT2D eigenvalue weighted by Gasteiger charge is 2.39. The van der Waals surface area contributed by atoms with Crippen LogP contribution in [0, 0.1) is 17.2 Å². The Balaban J connectivity index is 2.16. The van der Waals surface area contributed by atoms with Crippen molar-refractivity contribution in [1.29, 1.82) is 5.26 Å². The number of hydrogen-bond acceptors (Lipinski definition) is 4. The van der Waals surface area contributed by atoms with E-state index in [1.54, 1.807) is 12.1 Å². The third-order valence-corrected chi connectivity index (χ3v) is 4.32. The van der Waals surface area contributed by atoms with Crippen LogP contribution in [0.4, 0.5) is 0 Å². The summed E-state index contributed by atoms with van der Waals surface area (Å²) in [6, 6.07) is 9.22. The average molecular weight is 315 g/mol. The zero-order chi connectivity index (χ0) is 15.9. The van der Waals surface area contributed by atoms with Crippen LogP contribution in [0.25, 0.3) is 0 Å². The van der Waals surface area contributed by atoms with E-state index in [0.29, 0.717) is 29.2 Å². The third kappa shape index (κ3) is 2.38. The van der Waals surface area contributed by atoms with Crippen LogP contribution in [-0.2, 0) is 9.53 Å². The van der Waals surface area contributed by atoms with Crippen LogP contribution in [0.5, 0.6) is 0 Å². The Labute approximate surface area is 133 Å². The molecule has 0 amide bonds. The van der Waals surface area contributed by atoms with Gasteiger partial charge in [-0.3, -0.25) is 4.79 Å². The normalized spacial score (nSPS) is 24.7. The van der Waals surface area contributed by atoms with E-state index in [1.165, 1.54) is 0 Å². The maximum atomic E-state index is 12.5. The summed E-state index contributed by atoms with van der Waals surface area (Å²) in [5, 5.41) is 10.0. The molecule has 0 spiro atoms. The molecule has 1 heterocycles. The molecule has 0 aromatic heterocycles. The predicted octanol–water partition coefficient (Wildman–Crippen LogP) is 3.40. The lowest BCUT2D eigenvalue weighted by Crippen LogP contribution is -2.29. The number of ether oxygens (including phenoxy) is 1. The fourth-order valence-electron chi connectivity index (χ4n) is 3.08. The largest absolute Gasteiger partial charge is 0.444 e. The van der Waals surface area contributed by atoms with E-state index in [2.05, 4.69) is 6.07 Å². The van der Waals surface area contributed by atoms with Crippen molar-refractivity contribution in [2.24, 2.45) is 11.7 Å². The number of nitrogens with two attached hydrogens (primary N) is 1. The lowest BCUT2D eigenvalue weighted by atomic mass is 9.75. The molecule has 112 valence electrons. The number of halogens is 1. The van der Waals surface area contributed by atoms with Gasteiger partial charge >= 0.3 is 0 Å². The number of carbonyl (C=O) groups is 1. The molecule has 0 saturated heterocycles. The Bertz CT molecular complexity index is 741. The summed E-state index contributed by atoms with van der Waals surface area (Å²) < 4.78 is 5.58. The first kappa shape index (κ1) is 14.7. The number of carbonyl (C=O) groups excluding carboxylic acids is 1. The minimum absolute atomic E-state index is 0.0222. The first-order valence-electron chi connectivity index (χ1n) is 7.10. The summed E-state index contributed by atoms with van der Waals surface area (Å²) in [7, 11) is 0. The number of nitrogens with zero attached hydrogens (tertiary/aromatic N) is 1. The topological polar surface area (TPSA) is 76.1 Å². The Kier molecular flexibility index (Phi) is 3.67. The summed E-state index contributed by atoms with van der Waals surface area (Å²) in [4.78, 5) is 12.5. The van der Waals surface area contributed by atoms with Gasteiger partial charge in [0.15, 0.2) is 5.78 Å². The second kappa shape index (κ2) is 5.51. The molecule has 1 aliphatic carbocycles. The van der Waals surface area contributed by atoms with Gasteiger partial charge in [0.05, 0.1) is 5.92 Å². The number of benzene rings is 1. The molecule has 1 aromatic carbocycles. The van der Waals surface area contributed by atoms with Gasteiger partial charge in [0.1, 0.15) is 17.4 Å². The van der Waals surface area contributed by atoms with Crippen LogP contribution in [-0.4, -0.2) is 5.78 Å². The maximum absolute atomic E-state index is 12.5. The minimum Gasteiger partial charge on any atom is -0.444 e. The molecule has 0 radical (unpaired) electrons. The van der Waals surface area contributed by atoms with Gasteiger partial charge in [-0.2, -0.15) is 5.26 Å². The van der Waals surface area contributed by atoms with Gasteiger partial charge in [0.2, 0.25) is 5.88 Å². The molecule has 0 unspecified atom stereocenters. The van der Waals surface area contributed by atoms with Crippen molar-refractivity contribution in [2.45, 2.75) is 25.7 Å². The quantitative estimate of drug-likeness (QED) is 0.862. The van der Waals surface area contributed by atoms with Crippen LogP contribution in [0.15, 0.2) is 47.1 Å². The van der Waals surface area contributed by atoms with E-state index in [9.17, 15) is 10.1 Å². The van der Waals surface area contributed by atoms with E-state index in [-0.39, 0.29) is 23.2 Å². The number of rotatable bonds is 1. The zero-order valence-corrected chi connectivity index (χ0v) is 12.9. The van der Waals surface area contributed by atoms with Gasteiger partial charge < -0.3 is 10.5 Å². The van der Waals surface area contributed by atoms with Gasteiger partial charge in [0, 0.05) is 23.4 Å². The molecule has 22 heavy (non-hydrogen) atoms. The van der Waals surface area contributed by atoms with Crippen molar-refractivity contribution in [3.05, 3.63) is 57.6 Å². The zero-order valence-electron chi connectivity index (χ0n) is 12.1. The molecule has 0 saturated carbocycles. The van der Waals surface area contributed by atoms with Crippen LogP contribution in [0.2, 0.25) is 5.02 Å². The second-order valence-corrected chi connectivity index (χ2v) is 6.19. The highest BCUT2D eigenvalue weighted by Crippen LogP contribution is 2.44. The molecular weight excluding hydrogens is 300 g/mol. The molecule has 4 nitrogen and oxygen atoms in total. The number of hydrogen-bond donors (Lipinski definition) is 1. The Morgan fingerprint density at radius 1 is 1.32 bits per heavy atom. The fourth-order valence-corrected chi connectivity index (χ4v) is 3.21. The Morgan fingerprint density at radius 3 is 2.64 bits per heavy atom. The summed E-state index contributed by atoms with van der Waals surface area (Å²) >= 11 is 5.93. The van der Waals surface area contributed by atoms with E-state index in [1.807, 2.05) is 19.1 Å². The second-order valence-electron chi connectivity index (χ2n) is 5.75. The van der Waals surface area contributed by atoms with E-state index in [4.69, 9.17) is 22.1 Å². The van der Waals surface area contributed by atoms with Crippen molar-refractivity contribution < 1.29 is 9.53 Å². The van der Waals surface area contributed by atoms with Crippen molar-refractivity contribution >= 4 is 17.4 Å². The van der Waals surface area contributed by atoms with Crippen LogP contribution < -0.4 is 5.73 Å². The maximum Gasteiger partial charge on any atom is 0.205 e. The lowest BCUT2D eigenvalue weighted by Gasteiger charge is -2.32. The number of nitriles is 1. The van der Waals surface area contributed by atoms with Crippen LogP contribution in [0.1, 0.15) is 31.2 Å². The Hall–Kier alpha value is -2.25. The third-order valence-electron chi connectivity index (χ3n) is 4.07. The van der Waals surface area contributed by atoms with Gasteiger partial charge in [-0.15, -0.1) is 0 Å². The van der Waals surface area contributed by atoms with E-state index < -0.39 is 5.92 Å². The van der Waals surface area contributed by atoms with Gasteiger partial charge in [-0.1, -0.05) is 30.7 Å².